The summed E-state index contributed by atoms with van der Waals surface area (Å²) in [6.07, 6.45) is 0. The van der Waals surface area contributed by atoms with Crippen LogP contribution in [0.5, 0.6) is 5.75 Å². The topological polar surface area (TPSA) is 37.8 Å². The van der Waals surface area contributed by atoms with Crippen molar-refractivity contribution < 1.29 is 9.47 Å². The Morgan fingerprint density at radius 3 is 2.86 bits per heavy atom. The third kappa shape index (κ3) is 4.83. The van der Waals surface area contributed by atoms with Gasteiger partial charge in [-0.3, -0.25) is 4.90 Å². The van der Waals surface area contributed by atoms with E-state index in [9.17, 15) is 0 Å². The number of fused-ring (bicyclic) bond motifs is 1. The van der Waals surface area contributed by atoms with Gasteiger partial charge in [-0.2, -0.15) is 0 Å². The number of piperazine rings is 1. The van der Waals surface area contributed by atoms with Crippen molar-refractivity contribution in [3.8, 4) is 5.75 Å². The van der Waals surface area contributed by atoms with E-state index in [0.29, 0.717) is 6.04 Å². The lowest BCUT2D eigenvalue weighted by Crippen LogP contribution is -2.51. The summed E-state index contributed by atoms with van der Waals surface area (Å²) < 4.78 is 11.8. The zero-order valence-electron chi connectivity index (χ0n) is 17.0. The first-order valence-corrected chi connectivity index (χ1v) is 11.0. The van der Waals surface area contributed by atoms with Gasteiger partial charge in [0.2, 0.25) is 0 Å². The average Bonchev–Trinajstić information content (AvgIpc) is 3.10. The van der Waals surface area contributed by atoms with Gasteiger partial charge in [0.25, 0.3) is 0 Å². The van der Waals surface area contributed by atoms with E-state index in [-0.39, 0.29) is 6.79 Å². The van der Waals surface area contributed by atoms with Crippen molar-refractivity contribution in [2.24, 2.45) is 0 Å². The first-order chi connectivity index (χ1) is 14.0. The van der Waals surface area contributed by atoms with Crippen molar-refractivity contribution in [2.75, 3.05) is 38.4 Å². The molecule has 1 atom stereocenters. The maximum Gasteiger partial charge on any atom is 0.188 e. The second-order valence-corrected chi connectivity index (χ2v) is 9.02. The van der Waals surface area contributed by atoms with Crippen LogP contribution in [-0.2, 0) is 11.3 Å². The van der Waals surface area contributed by atoms with Crippen LogP contribution in [0, 0.1) is 6.92 Å². The molecule has 0 saturated carbocycles. The highest BCUT2D eigenvalue weighted by atomic mass is 35.5. The molecule has 5 nitrogen and oxygen atoms in total. The van der Waals surface area contributed by atoms with Gasteiger partial charge >= 0.3 is 0 Å². The summed E-state index contributed by atoms with van der Waals surface area (Å²) in [6.45, 7) is 8.50. The molecule has 0 spiro atoms. The number of halogens is 1. The molecule has 2 heterocycles. The van der Waals surface area contributed by atoms with Gasteiger partial charge in [-0.05, 0) is 55.3 Å². The fourth-order valence-corrected chi connectivity index (χ4v) is 5.06. The van der Waals surface area contributed by atoms with Crippen molar-refractivity contribution in [1.29, 1.82) is 0 Å². The number of anilines is 1. The predicted molar refractivity (Wildman–Crippen MR) is 120 cm³/mol. The lowest BCUT2D eigenvalue weighted by molar-refractivity contribution is 0.0509. The van der Waals surface area contributed by atoms with Crippen molar-refractivity contribution in [3.63, 3.8) is 0 Å². The van der Waals surface area contributed by atoms with Crippen LogP contribution in [0.25, 0.3) is 10.2 Å². The van der Waals surface area contributed by atoms with E-state index in [1.165, 1.54) is 11.1 Å². The fraction of sp³-hybridized carbons (Fsp3) is 0.409. The zero-order chi connectivity index (χ0) is 20.4. The van der Waals surface area contributed by atoms with Crippen LogP contribution in [0.3, 0.4) is 0 Å². The molecular weight excluding hydrogens is 406 g/mol. The predicted octanol–water partition coefficient (Wildman–Crippen LogP) is 4.95. The SMILES string of the molecule is COCOc1cc(C)cc(CN2CCN(c3nc4ccc(Cl)cc4s3)C[C@@H]2C)c1. The summed E-state index contributed by atoms with van der Waals surface area (Å²) in [5, 5.41) is 1.84. The normalized spacial score (nSPS) is 17.8. The van der Waals surface area contributed by atoms with Crippen molar-refractivity contribution in [3.05, 3.63) is 52.5 Å². The molecule has 2 aromatic carbocycles. The molecule has 0 N–H and O–H groups in total. The van der Waals surface area contributed by atoms with E-state index < -0.39 is 0 Å². The quantitative estimate of drug-likeness (QED) is 0.516. The molecule has 1 saturated heterocycles. The lowest BCUT2D eigenvalue weighted by Gasteiger charge is -2.39. The van der Waals surface area contributed by atoms with E-state index in [0.717, 1.165) is 52.3 Å². The molecule has 0 aliphatic carbocycles. The minimum Gasteiger partial charge on any atom is -0.468 e. The van der Waals surface area contributed by atoms with Gasteiger partial charge in [-0.25, -0.2) is 4.98 Å². The number of benzene rings is 2. The van der Waals surface area contributed by atoms with Gasteiger partial charge in [0.05, 0.1) is 10.2 Å². The Kier molecular flexibility index (Phi) is 6.25. The van der Waals surface area contributed by atoms with E-state index in [1.807, 2.05) is 24.3 Å². The van der Waals surface area contributed by atoms with Crippen LogP contribution < -0.4 is 9.64 Å². The molecule has 0 bridgehead atoms. The van der Waals surface area contributed by atoms with Gasteiger partial charge in [0.15, 0.2) is 11.9 Å². The smallest absolute Gasteiger partial charge is 0.188 e. The third-order valence-corrected chi connectivity index (χ3v) is 6.53. The Balaban J connectivity index is 1.43. The number of aryl methyl sites for hydroxylation is 1. The maximum absolute atomic E-state index is 6.13. The first-order valence-electron chi connectivity index (χ1n) is 9.79. The average molecular weight is 432 g/mol. The highest BCUT2D eigenvalue weighted by Crippen LogP contribution is 2.32. The largest absolute Gasteiger partial charge is 0.468 e. The van der Waals surface area contributed by atoms with E-state index in [4.69, 9.17) is 26.1 Å². The number of rotatable bonds is 6. The fourth-order valence-electron chi connectivity index (χ4n) is 3.79. The molecule has 0 radical (unpaired) electrons. The van der Waals surface area contributed by atoms with E-state index >= 15 is 0 Å². The highest BCUT2D eigenvalue weighted by Gasteiger charge is 2.25. The van der Waals surface area contributed by atoms with Crippen LogP contribution >= 0.6 is 22.9 Å². The van der Waals surface area contributed by atoms with Crippen LogP contribution in [0.4, 0.5) is 5.13 Å². The molecule has 1 aliphatic heterocycles. The first kappa shape index (κ1) is 20.4. The van der Waals surface area contributed by atoms with Crippen LogP contribution in [-0.4, -0.2) is 49.5 Å². The number of aromatic nitrogens is 1. The lowest BCUT2D eigenvalue weighted by atomic mass is 10.1. The standard InChI is InChI=1S/C22H26ClN3O2S/c1-15-8-17(10-19(9-15)28-14-27-3)13-25-6-7-26(12-16(25)2)22-24-20-5-4-18(23)11-21(20)29-22/h4-5,8-11,16H,6-7,12-14H2,1-3H3/t16-/m0/s1. The zero-order valence-corrected chi connectivity index (χ0v) is 18.6. The van der Waals surface area contributed by atoms with Gasteiger partial charge in [-0.15, -0.1) is 0 Å². The van der Waals surface area contributed by atoms with Crippen molar-refractivity contribution in [2.45, 2.75) is 26.4 Å². The Bertz CT molecular complexity index is 993. The third-order valence-electron chi connectivity index (χ3n) is 5.21. The summed E-state index contributed by atoms with van der Waals surface area (Å²) in [7, 11) is 1.64. The van der Waals surface area contributed by atoms with Crippen molar-refractivity contribution in [1.82, 2.24) is 9.88 Å². The van der Waals surface area contributed by atoms with E-state index in [1.54, 1.807) is 18.4 Å². The number of hydrogen-bond donors (Lipinski definition) is 0. The number of thiazole rings is 1. The summed E-state index contributed by atoms with van der Waals surface area (Å²) in [5.41, 5.74) is 3.49. The molecule has 4 rings (SSSR count). The second kappa shape index (κ2) is 8.88. The summed E-state index contributed by atoms with van der Waals surface area (Å²) in [5.74, 6) is 0.862. The molecule has 1 aliphatic rings. The molecule has 3 aromatic rings. The van der Waals surface area contributed by atoms with Gasteiger partial charge in [-0.1, -0.05) is 29.0 Å². The number of nitrogens with zero attached hydrogens (tertiary/aromatic N) is 3. The molecule has 1 fully saturated rings. The Labute approximate surface area is 180 Å². The summed E-state index contributed by atoms with van der Waals surface area (Å²) in [6, 6.07) is 12.7. The second-order valence-electron chi connectivity index (χ2n) is 7.58. The highest BCUT2D eigenvalue weighted by molar-refractivity contribution is 7.22. The Morgan fingerprint density at radius 2 is 2.07 bits per heavy atom. The van der Waals surface area contributed by atoms with Crippen LogP contribution in [0.2, 0.25) is 5.02 Å². The van der Waals surface area contributed by atoms with Crippen molar-refractivity contribution >= 4 is 38.3 Å². The summed E-state index contributed by atoms with van der Waals surface area (Å²) >= 11 is 7.85. The Morgan fingerprint density at radius 1 is 1.21 bits per heavy atom. The molecule has 154 valence electrons. The molecule has 7 heteroatoms. The van der Waals surface area contributed by atoms with Gasteiger partial charge in [0.1, 0.15) is 5.75 Å². The molecule has 0 unspecified atom stereocenters. The van der Waals surface area contributed by atoms with Crippen LogP contribution in [0.1, 0.15) is 18.1 Å². The molecular formula is C22H26ClN3O2S. The minimum absolute atomic E-state index is 0.269. The van der Waals surface area contributed by atoms with Gasteiger partial charge in [0, 0.05) is 44.4 Å². The maximum atomic E-state index is 6.13. The van der Waals surface area contributed by atoms with Crippen LogP contribution in [0.15, 0.2) is 36.4 Å². The number of hydrogen-bond acceptors (Lipinski definition) is 6. The molecule has 1 aromatic heterocycles. The molecule has 29 heavy (non-hydrogen) atoms. The Hall–Kier alpha value is -1.86. The monoisotopic (exact) mass is 431 g/mol. The van der Waals surface area contributed by atoms with Gasteiger partial charge < -0.3 is 14.4 Å². The number of ether oxygens (including phenoxy) is 2. The van der Waals surface area contributed by atoms with E-state index in [2.05, 4.69) is 35.8 Å². The number of methoxy groups -OCH3 is 1. The minimum atomic E-state index is 0.269. The summed E-state index contributed by atoms with van der Waals surface area (Å²) in [4.78, 5) is 9.73. The molecule has 0 amide bonds.